The van der Waals surface area contributed by atoms with Crippen molar-refractivity contribution in [1.82, 2.24) is 0 Å². The highest BCUT2D eigenvalue weighted by Gasteiger charge is 2.40. The maximum atomic E-state index is 9.44. The van der Waals surface area contributed by atoms with Crippen molar-refractivity contribution in [2.75, 3.05) is 0 Å². The monoisotopic (exact) mass is 124 g/mol. The molecule has 2 rings (SSSR count). The summed E-state index contributed by atoms with van der Waals surface area (Å²) in [4.78, 5) is 0. The summed E-state index contributed by atoms with van der Waals surface area (Å²) in [6.45, 7) is 2.14. The molecule has 0 unspecified atom stereocenters. The summed E-state index contributed by atoms with van der Waals surface area (Å²) in [6, 6.07) is 0. The maximum Gasteiger partial charge on any atom is 0.0634 e. The van der Waals surface area contributed by atoms with Gasteiger partial charge in [-0.05, 0) is 18.3 Å². The summed E-state index contributed by atoms with van der Waals surface area (Å²) < 4.78 is 0. The van der Waals surface area contributed by atoms with Crippen LogP contribution in [0.1, 0.15) is 13.3 Å². The molecule has 2 bridgehead atoms. The smallest absolute Gasteiger partial charge is 0.0634 e. The minimum atomic E-state index is -0.0417. The number of rotatable bonds is 0. The van der Waals surface area contributed by atoms with Crippen molar-refractivity contribution >= 4 is 0 Å². The number of aliphatic hydroxyl groups is 1. The van der Waals surface area contributed by atoms with Gasteiger partial charge in [-0.25, -0.2) is 0 Å². The van der Waals surface area contributed by atoms with Crippen molar-refractivity contribution in [3.8, 4) is 0 Å². The highest BCUT2D eigenvalue weighted by Crippen LogP contribution is 2.42. The number of hydrogen-bond acceptors (Lipinski definition) is 1. The fourth-order valence-corrected chi connectivity index (χ4v) is 2.04. The van der Waals surface area contributed by atoms with Crippen LogP contribution in [0.2, 0.25) is 0 Å². The van der Waals surface area contributed by atoms with Crippen LogP contribution in [0.15, 0.2) is 12.2 Å². The average Bonchev–Trinajstić information content (AvgIpc) is 2.37. The third kappa shape index (κ3) is 0.584. The van der Waals surface area contributed by atoms with Gasteiger partial charge in [-0.15, -0.1) is 0 Å². The topological polar surface area (TPSA) is 20.2 Å². The first-order valence-electron chi connectivity index (χ1n) is 3.65. The van der Waals surface area contributed by atoms with Gasteiger partial charge in [0, 0.05) is 5.92 Å². The van der Waals surface area contributed by atoms with E-state index in [-0.39, 0.29) is 6.10 Å². The molecule has 1 N–H and O–H groups in total. The lowest BCUT2D eigenvalue weighted by Crippen LogP contribution is -2.21. The van der Waals surface area contributed by atoms with Crippen molar-refractivity contribution in [1.29, 1.82) is 0 Å². The molecule has 0 aromatic rings. The largest absolute Gasteiger partial charge is 0.392 e. The number of allylic oxidation sites excluding steroid dienone is 1. The Hall–Kier alpha value is -0.300. The van der Waals surface area contributed by atoms with E-state index in [0.29, 0.717) is 17.8 Å². The predicted molar refractivity (Wildman–Crippen MR) is 35.9 cm³/mol. The van der Waals surface area contributed by atoms with E-state index >= 15 is 0 Å². The summed E-state index contributed by atoms with van der Waals surface area (Å²) in [5, 5.41) is 9.44. The molecule has 1 saturated carbocycles. The van der Waals surface area contributed by atoms with E-state index in [9.17, 15) is 5.11 Å². The van der Waals surface area contributed by atoms with E-state index < -0.39 is 0 Å². The van der Waals surface area contributed by atoms with Crippen LogP contribution >= 0.6 is 0 Å². The van der Waals surface area contributed by atoms with Gasteiger partial charge >= 0.3 is 0 Å². The molecule has 0 amide bonds. The Bertz CT molecular complexity index is 135. The molecule has 9 heavy (non-hydrogen) atoms. The van der Waals surface area contributed by atoms with Gasteiger partial charge in [-0.3, -0.25) is 0 Å². The maximum absolute atomic E-state index is 9.44. The van der Waals surface area contributed by atoms with Crippen LogP contribution in [0.3, 0.4) is 0 Å². The molecule has 50 valence electrons. The first-order valence-corrected chi connectivity index (χ1v) is 3.65. The Morgan fingerprint density at radius 1 is 1.33 bits per heavy atom. The fourth-order valence-electron chi connectivity index (χ4n) is 2.04. The van der Waals surface area contributed by atoms with E-state index in [1.54, 1.807) is 0 Å². The molecule has 0 aromatic carbocycles. The minimum Gasteiger partial charge on any atom is -0.392 e. The normalized spacial score (nSPS) is 54.9. The molecule has 0 spiro atoms. The van der Waals surface area contributed by atoms with E-state index in [1.807, 2.05) is 0 Å². The van der Waals surface area contributed by atoms with E-state index in [4.69, 9.17) is 0 Å². The molecule has 0 saturated heterocycles. The summed E-state index contributed by atoms with van der Waals surface area (Å²) >= 11 is 0. The van der Waals surface area contributed by atoms with Gasteiger partial charge in [0.1, 0.15) is 0 Å². The van der Waals surface area contributed by atoms with Gasteiger partial charge in [-0.1, -0.05) is 19.1 Å². The molecular formula is C8H12O. The van der Waals surface area contributed by atoms with Crippen LogP contribution in [-0.4, -0.2) is 11.2 Å². The van der Waals surface area contributed by atoms with Crippen LogP contribution < -0.4 is 0 Å². The summed E-state index contributed by atoms with van der Waals surface area (Å²) in [7, 11) is 0. The van der Waals surface area contributed by atoms with Gasteiger partial charge in [0.05, 0.1) is 6.10 Å². The molecule has 2 aliphatic carbocycles. The fraction of sp³-hybridized carbons (Fsp3) is 0.750. The molecule has 4 atom stereocenters. The lowest BCUT2D eigenvalue weighted by Gasteiger charge is -2.18. The third-order valence-corrected chi connectivity index (χ3v) is 2.80. The lowest BCUT2D eigenvalue weighted by atomic mass is 9.93. The van der Waals surface area contributed by atoms with Crippen LogP contribution in [0.5, 0.6) is 0 Å². The molecule has 2 aliphatic rings. The van der Waals surface area contributed by atoms with E-state index in [0.717, 1.165) is 0 Å². The number of hydrogen-bond donors (Lipinski definition) is 1. The van der Waals surface area contributed by atoms with Gasteiger partial charge in [0.25, 0.3) is 0 Å². The van der Waals surface area contributed by atoms with Crippen molar-refractivity contribution in [2.45, 2.75) is 19.4 Å². The zero-order valence-corrected chi connectivity index (χ0v) is 5.62. The highest BCUT2D eigenvalue weighted by molar-refractivity contribution is 5.13. The average molecular weight is 124 g/mol. The minimum absolute atomic E-state index is 0.0417. The summed E-state index contributed by atoms with van der Waals surface area (Å²) in [5.74, 6) is 1.69. The first-order chi connectivity index (χ1) is 4.29. The first kappa shape index (κ1) is 5.48. The van der Waals surface area contributed by atoms with Crippen LogP contribution in [0.4, 0.5) is 0 Å². The van der Waals surface area contributed by atoms with Crippen LogP contribution in [0, 0.1) is 17.8 Å². The van der Waals surface area contributed by atoms with E-state index in [1.165, 1.54) is 6.42 Å². The lowest BCUT2D eigenvalue weighted by molar-refractivity contribution is 0.105. The predicted octanol–water partition coefficient (Wildman–Crippen LogP) is 1.19. The molecule has 1 fully saturated rings. The standard InChI is InChI=1S/C8H12O/c1-5-6-2-3-7(4-6)8(5)9/h2-3,5-9H,4H2,1H3/t5-,6+,7-,8-/m1/s1. The Balaban J connectivity index is 2.26. The zero-order valence-electron chi connectivity index (χ0n) is 5.62. The van der Waals surface area contributed by atoms with Crippen LogP contribution in [0.25, 0.3) is 0 Å². The van der Waals surface area contributed by atoms with Gasteiger partial charge in [-0.2, -0.15) is 0 Å². The van der Waals surface area contributed by atoms with E-state index in [2.05, 4.69) is 19.1 Å². The quantitative estimate of drug-likeness (QED) is 0.481. The zero-order chi connectivity index (χ0) is 6.43. The van der Waals surface area contributed by atoms with Gasteiger partial charge in [0.2, 0.25) is 0 Å². The number of aliphatic hydroxyl groups excluding tert-OH is 1. The second-order valence-corrected chi connectivity index (χ2v) is 3.30. The second kappa shape index (κ2) is 1.60. The molecule has 0 heterocycles. The SMILES string of the molecule is C[C@H]1[C@@H](O)[C@@H]2C=C[C@H]1C2. The summed E-state index contributed by atoms with van der Waals surface area (Å²) in [5.41, 5.74) is 0. The summed E-state index contributed by atoms with van der Waals surface area (Å²) in [6.07, 6.45) is 5.57. The van der Waals surface area contributed by atoms with Crippen LogP contribution in [-0.2, 0) is 0 Å². The highest BCUT2D eigenvalue weighted by atomic mass is 16.3. The molecule has 0 radical (unpaired) electrons. The molecular weight excluding hydrogens is 112 g/mol. The molecule has 0 aromatic heterocycles. The van der Waals surface area contributed by atoms with Gasteiger partial charge < -0.3 is 5.11 Å². The Labute approximate surface area is 55.4 Å². The third-order valence-electron chi connectivity index (χ3n) is 2.80. The molecule has 0 aliphatic heterocycles. The number of fused-ring (bicyclic) bond motifs is 2. The second-order valence-electron chi connectivity index (χ2n) is 3.30. The van der Waals surface area contributed by atoms with Crippen molar-refractivity contribution in [3.05, 3.63) is 12.2 Å². The van der Waals surface area contributed by atoms with Crippen molar-refractivity contribution in [2.24, 2.45) is 17.8 Å². The Kier molecular flexibility index (Phi) is 0.974. The van der Waals surface area contributed by atoms with Gasteiger partial charge in [0.15, 0.2) is 0 Å². The Morgan fingerprint density at radius 3 is 2.33 bits per heavy atom. The molecule has 1 nitrogen and oxygen atoms in total. The molecule has 1 heteroatoms. The Morgan fingerprint density at radius 2 is 2.00 bits per heavy atom. The van der Waals surface area contributed by atoms with Crippen molar-refractivity contribution in [3.63, 3.8) is 0 Å². The van der Waals surface area contributed by atoms with Crippen molar-refractivity contribution < 1.29 is 5.11 Å².